The third kappa shape index (κ3) is 6.47. The van der Waals surface area contributed by atoms with Gasteiger partial charge < -0.3 is 26.6 Å². The topological polar surface area (TPSA) is 143 Å². The Balaban J connectivity index is 1.13. The second-order valence-electron chi connectivity index (χ2n) is 9.91. The van der Waals surface area contributed by atoms with Gasteiger partial charge in [0.15, 0.2) is 0 Å². The largest absolute Gasteiger partial charge is 0.397 e. The van der Waals surface area contributed by atoms with Crippen LogP contribution in [0.15, 0.2) is 79.0 Å². The summed E-state index contributed by atoms with van der Waals surface area (Å²) in [6.07, 6.45) is 2.46. The van der Waals surface area contributed by atoms with E-state index in [4.69, 9.17) is 5.73 Å². The fourth-order valence-corrected chi connectivity index (χ4v) is 4.47. The Morgan fingerprint density at radius 2 is 1.81 bits per heavy atom. The van der Waals surface area contributed by atoms with Gasteiger partial charge in [-0.05, 0) is 74.0 Å². The summed E-state index contributed by atoms with van der Waals surface area (Å²) in [6.45, 7) is 2.42. The van der Waals surface area contributed by atoms with Gasteiger partial charge in [-0.1, -0.05) is 12.1 Å². The Bertz CT molecular complexity index is 1730. The average Bonchev–Trinajstić information content (AvgIpc) is 3.28. The molecule has 214 valence electrons. The second-order valence-corrected chi connectivity index (χ2v) is 9.91. The summed E-state index contributed by atoms with van der Waals surface area (Å²) in [6, 6.07) is 22.1. The molecule has 0 bridgehead atoms. The summed E-state index contributed by atoms with van der Waals surface area (Å²) in [7, 11) is 3.88. The number of rotatable bonds is 10. The van der Waals surface area contributed by atoms with Crippen molar-refractivity contribution in [2.45, 2.75) is 19.8 Å². The number of hydrogen-bond acceptors (Lipinski definition) is 8. The zero-order valence-corrected chi connectivity index (χ0v) is 23.8. The highest BCUT2D eigenvalue weighted by atomic mass is 16.2. The summed E-state index contributed by atoms with van der Waals surface area (Å²) in [4.78, 5) is 35.7. The number of carbonyl (C=O) groups excluding carboxylic acids is 2. The van der Waals surface area contributed by atoms with Crippen molar-refractivity contribution in [2.75, 3.05) is 34.9 Å². The van der Waals surface area contributed by atoms with E-state index in [2.05, 4.69) is 37.1 Å². The van der Waals surface area contributed by atoms with Crippen LogP contribution < -0.4 is 26.6 Å². The number of nitrogens with one attached hydrogen (secondary N) is 3. The van der Waals surface area contributed by atoms with E-state index in [0.717, 1.165) is 33.8 Å². The molecule has 2 heterocycles. The van der Waals surface area contributed by atoms with Crippen molar-refractivity contribution in [1.29, 1.82) is 0 Å². The van der Waals surface area contributed by atoms with Gasteiger partial charge in [-0.3, -0.25) is 14.3 Å². The molecule has 2 aromatic heterocycles. The fourth-order valence-electron chi connectivity index (χ4n) is 4.47. The lowest BCUT2D eigenvalue weighted by atomic mass is 10.2. The molecule has 0 saturated carbocycles. The maximum atomic E-state index is 12.6. The van der Waals surface area contributed by atoms with Gasteiger partial charge in [0.2, 0.25) is 11.9 Å². The van der Waals surface area contributed by atoms with E-state index in [1.54, 1.807) is 48.7 Å². The van der Waals surface area contributed by atoms with Gasteiger partial charge in [0, 0.05) is 61.3 Å². The molecule has 0 aliphatic heterocycles. The molecule has 11 nitrogen and oxygen atoms in total. The van der Waals surface area contributed by atoms with E-state index in [0.29, 0.717) is 35.9 Å². The molecule has 11 heteroatoms. The van der Waals surface area contributed by atoms with Crippen LogP contribution in [0.25, 0.3) is 10.9 Å². The van der Waals surface area contributed by atoms with Crippen LogP contribution in [-0.4, -0.2) is 45.2 Å². The number of hydrogen-bond donors (Lipinski definition) is 4. The van der Waals surface area contributed by atoms with Gasteiger partial charge in [-0.25, -0.2) is 4.98 Å². The predicted molar refractivity (Wildman–Crippen MR) is 166 cm³/mol. The van der Waals surface area contributed by atoms with Crippen molar-refractivity contribution < 1.29 is 9.59 Å². The lowest BCUT2D eigenvalue weighted by Gasteiger charge is -2.19. The summed E-state index contributed by atoms with van der Waals surface area (Å²) < 4.78 is 1.88. The fraction of sp³-hybridized carbons (Fsp3) is 0.194. The molecule has 0 aliphatic rings. The van der Waals surface area contributed by atoms with Crippen molar-refractivity contribution in [3.8, 4) is 0 Å². The van der Waals surface area contributed by atoms with E-state index >= 15 is 0 Å². The van der Waals surface area contributed by atoms with E-state index in [1.165, 1.54) is 0 Å². The zero-order chi connectivity index (χ0) is 29.6. The number of carbonyl (C=O) groups is 2. The van der Waals surface area contributed by atoms with Crippen molar-refractivity contribution in [1.82, 2.24) is 25.1 Å². The maximum Gasteiger partial charge on any atom is 0.251 e. The molecule has 42 heavy (non-hydrogen) atoms. The number of nitrogens with two attached hydrogens (primary N) is 1. The Kier molecular flexibility index (Phi) is 8.28. The van der Waals surface area contributed by atoms with Crippen LogP contribution in [0.3, 0.4) is 0 Å². The molecular formula is C31H33N9O2. The molecule has 0 spiro atoms. The minimum atomic E-state index is -0.214. The lowest BCUT2D eigenvalue weighted by molar-refractivity contribution is -0.116. The summed E-state index contributed by atoms with van der Waals surface area (Å²) in [5, 5.41) is 14.5. The number of nitrogen functional groups attached to an aromatic ring is 1. The first-order valence-electron chi connectivity index (χ1n) is 13.6. The molecule has 5 aromatic rings. The van der Waals surface area contributed by atoms with Crippen LogP contribution in [-0.2, 0) is 11.8 Å². The molecule has 0 aliphatic carbocycles. The predicted octanol–water partition coefficient (Wildman–Crippen LogP) is 4.91. The van der Waals surface area contributed by atoms with Gasteiger partial charge in [0.25, 0.3) is 5.91 Å². The molecule has 3 aromatic carbocycles. The first kappa shape index (κ1) is 28.1. The first-order valence-corrected chi connectivity index (χ1v) is 13.6. The standard InChI is InChI=1S/C31H33N9O2/c1-20-24-15-14-23(19-27(24)38-40(20)3)39(2)28-16-18-34-31(37-28)35-22-12-10-21(11-13-22)30(42)33-17-6-9-29(41)36-26-8-5-4-7-25(26)32/h4-5,7-8,10-16,18-19H,6,9,17,32H2,1-3H3,(H,33,42)(H,36,41)(H,34,35,37). The minimum absolute atomic E-state index is 0.153. The monoisotopic (exact) mass is 563 g/mol. The summed E-state index contributed by atoms with van der Waals surface area (Å²) in [5.74, 6) is 0.784. The van der Waals surface area contributed by atoms with E-state index in [9.17, 15) is 9.59 Å². The lowest BCUT2D eigenvalue weighted by Crippen LogP contribution is -2.25. The van der Waals surface area contributed by atoms with Crippen LogP contribution in [0.1, 0.15) is 28.9 Å². The Hall–Kier alpha value is -5.45. The number of nitrogens with zero attached hydrogens (tertiary/aromatic N) is 5. The molecular weight excluding hydrogens is 530 g/mol. The summed E-state index contributed by atoms with van der Waals surface area (Å²) in [5.41, 5.74) is 11.2. The zero-order valence-electron chi connectivity index (χ0n) is 23.8. The number of amides is 2. The molecule has 5 rings (SSSR count). The average molecular weight is 564 g/mol. The second kappa shape index (κ2) is 12.4. The quantitative estimate of drug-likeness (QED) is 0.139. The van der Waals surface area contributed by atoms with Crippen molar-refractivity contribution in [3.05, 3.63) is 90.3 Å². The molecule has 0 unspecified atom stereocenters. The number of para-hydroxylation sites is 2. The van der Waals surface area contributed by atoms with E-state index in [-0.39, 0.29) is 18.2 Å². The van der Waals surface area contributed by atoms with Gasteiger partial charge in [0.1, 0.15) is 5.82 Å². The molecule has 0 atom stereocenters. The van der Waals surface area contributed by atoms with Crippen LogP contribution in [0.5, 0.6) is 0 Å². The highest BCUT2D eigenvalue weighted by Gasteiger charge is 2.12. The molecule has 0 fully saturated rings. The molecule has 5 N–H and O–H groups in total. The highest BCUT2D eigenvalue weighted by Crippen LogP contribution is 2.27. The van der Waals surface area contributed by atoms with Crippen LogP contribution in [0.2, 0.25) is 0 Å². The highest BCUT2D eigenvalue weighted by molar-refractivity contribution is 5.95. The van der Waals surface area contributed by atoms with Gasteiger partial charge in [-0.15, -0.1) is 0 Å². The van der Waals surface area contributed by atoms with Crippen LogP contribution >= 0.6 is 0 Å². The van der Waals surface area contributed by atoms with E-state index in [1.807, 2.05) is 54.9 Å². The number of aryl methyl sites for hydroxylation is 2. The van der Waals surface area contributed by atoms with E-state index < -0.39 is 0 Å². The minimum Gasteiger partial charge on any atom is -0.397 e. The third-order valence-electron chi connectivity index (χ3n) is 6.99. The molecule has 0 saturated heterocycles. The molecule has 0 radical (unpaired) electrons. The number of aromatic nitrogens is 4. The Labute approximate surface area is 243 Å². The van der Waals surface area contributed by atoms with Crippen molar-refractivity contribution >= 4 is 57.2 Å². The van der Waals surface area contributed by atoms with Crippen LogP contribution in [0, 0.1) is 6.92 Å². The van der Waals surface area contributed by atoms with Crippen molar-refractivity contribution in [2.24, 2.45) is 7.05 Å². The number of anilines is 6. The van der Waals surface area contributed by atoms with Crippen LogP contribution in [0.4, 0.5) is 34.5 Å². The van der Waals surface area contributed by atoms with Crippen molar-refractivity contribution in [3.63, 3.8) is 0 Å². The third-order valence-corrected chi connectivity index (χ3v) is 6.99. The number of fused-ring (bicyclic) bond motifs is 1. The van der Waals surface area contributed by atoms with Gasteiger partial charge in [0.05, 0.1) is 16.9 Å². The summed E-state index contributed by atoms with van der Waals surface area (Å²) >= 11 is 0. The Morgan fingerprint density at radius 1 is 1.02 bits per heavy atom. The van der Waals surface area contributed by atoms with Gasteiger partial charge in [-0.2, -0.15) is 10.1 Å². The Morgan fingerprint density at radius 3 is 2.60 bits per heavy atom. The maximum absolute atomic E-state index is 12.6. The first-order chi connectivity index (χ1) is 20.3. The smallest absolute Gasteiger partial charge is 0.251 e. The van der Waals surface area contributed by atoms with Gasteiger partial charge >= 0.3 is 0 Å². The molecule has 2 amide bonds. The number of benzene rings is 3. The SMILES string of the molecule is Cc1c2ccc(N(C)c3ccnc(Nc4ccc(C(=O)NCCCC(=O)Nc5ccccc5N)cc4)n3)cc2nn1C. The normalized spacial score (nSPS) is 10.8.